The molecular formula is C24H17F9O3S. The maximum absolute atomic E-state index is 14.0. The third-order valence-electron chi connectivity index (χ3n) is 5.69. The molecule has 1 unspecified atom stereocenters. The predicted octanol–water partition coefficient (Wildman–Crippen LogP) is 7.18. The maximum Gasteiger partial charge on any atom is 0.430 e. The fourth-order valence-electron chi connectivity index (χ4n) is 3.58. The van der Waals surface area contributed by atoms with Crippen LogP contribution in [-0.4, -0.2) is 20.8 Å². The van der Waals surface area contributed by atoms with Crippen LogP contribution < -0.4 is 0 Å². The predicted molar refractivity (Wildman–Crippen MR) is 113 cm³/mol. The number of benzene rings is 3. The molecule has 3 aromatic rings. The van der Waals surface area contributed by atoms with E-state index < -0.39 is 68.2 Å². The molecule has 0 aliphatic heterocycles. The van der Waals surface area contributed by atoms with Gasteiger partial charge in [0.05, 0.1) is 16.8 Å². The zero-order valence-corrected chi connectivity index (χ0v) is 19.5. The molecule has 0 saturated carbocycles. The number of halogens is 9. The molecular weight excluding hydrogens is 539 g/mol. The molecule has 3 rings (SSSR count). The molecule has 0 radical (unpaired) electrons. The van der Waals surface area contributed by atoms with E-state index >= 15 is 0 Å². The molecule has 1 atom stereocenters. The Morgan fingerprint density at radius 1 is 0.757 bits per heavy atom. The Morgan fingerprint density at radius 3 is 1.70 bits per heavy atom. The Labute approximate surface area is 205 Å². The number of alkyl halides is 6. The Hall–Kier alpha value is -3.06. The van der Waals surface area contributed by atoms with Gasteiger partial charge in [-0.05, 0) is 48.9 Å². The van der Waals surface area contributed by atoms with Gasteiger partial charge in [0, 0.05) is 11.1 Å². The van der Waals surface area contributed by atoms with Gasteiger partial charge in [0.2, 0.25) is 0 Å². The van der Waals surface area contributed by atoms with Gasteiger partial charge in [-0.2, -0.15) is 26.3 Å². The summed E-state index contributed by atoms with van der Waals surface area (Å²) in [6, 6.07) is 8.06. The van der Waals surface area contributed by atoms with Crippen LogP contribution >= 0.6 is 0 Å². The quantitative estimate of drug-likeness (QED) is 0.229. The van der Waals surface area contributed by atoms with Gasteiger partial charge in [0.1, 0.15) is 17.5 Å². The number of rotatable bonds is 7. The van der Waals surface area contributed by atoms with Gasteiger partial charge in [-0.3, -0.25) is 0 Å². The van der Waals surface area contributed by atoms with Crippen LogP contribution in [0.25, 0.3) is 0 Å². The molecule has 3 nitrogen and oxygen atoms in total. The van der Waals surface area contributed by atoms with Crippen molar-refractivity contribution in [1.29, 1.82) is 0 Å². The lowest BCUT2D eigenvalue weighted by Gasteiger charge is -2.37. The van der Waals surface area contributed by atoms with Gasteiger partial charge >= 0.3 is 12.4 Å². The van der Waals surface area contributed by atoms with E-state index in [2.05, 4.69) is 4.74 Å². The summed E-state index contributed by atoms with van der Waals surface area (Å²) in [7, 11) is -4.20. The average Bonchev–Trinajstić information content (AvgIpc) is 2.79. The van der Waals surface area contributed by atoms with E-state index in [-0.39, 0.29) is 10.5 Å². The zero-order chi connectivity index (χ0) is 27.8. The molecule has 0 bridgehead atoms. The largest absolute Gasteiger partial charge is 0.430 e. The number of hydrogen-bond donors (Lipinski definition) is 0. The van der Waals surface area contributed by atoms with Gasteiger partial charge in [-0.1, -0.05) is 30.3 Å². The van der Waals surface area contributed by atoms with Crippen LogP contribution in [0.5, 0.6) is 0 Å². The smallest absolute Gasteiger partial charge is 0.349 e. The topological polar surface area (TPSA) is 43.4 Å². The van der Waals surface area contributed by atoms with Crippen molar-refractivity contribution in [3.05, 3.63) is 101 Å². The second-order valence-corrected chi connectivity index (χ2v) is 10.2. The fraction of sp³-hybridized carbons (Fsp3) is 0.250. The first kappa shape index (κ1) is 28.5. The molecule has 37 heavy (non-hydrogen) atoms. The van der Waals surface area contributed by atoms with Gasteiger partial charge in [0.25, 0.3) is 5.60 Å². The van der Waals surface area contributed by atoms with Crippen molar-refractivity contribution >= 4 is 9.84 Å². The van der Waals surface area contributed by atoms with Crippen LogP contribution in [0.2, 0.25) is 0 Å². The van der Waals surface area contributed by atoms with Crippen LogP contribution in [0, 0.1) is 17.5 Å². The molecule has 0 aliphatic carbocycles. The second-order valence-electron chi connectivity index (χ2n) is 7.93. The molecule has 0 heterocycles. The highest BCUT2D eigenvalue weighted by Gasteiger charge is 2.73. The van der Waals surface area contributed by atoms with Gasteiger partial charge < -0.3 is 4.74 Å². The summed E-state index contributed by atoms with van der Waals surface area (Å²) < 4.78 is 155. The van der Waals surface area contributed by atoms with Gasteiger partial charge in [-0.15, -0.1) is 0 Å². The van der Waals surface area contributed by atoms with E-state index in [1.54, 1.807) is 0 Å². The molecule has 13 heteroatoms. The third kappa shape index (κ3) is 5.33. The van der Waals surface area contributed by atoms with Crippen LogP contribution in [-0.2, 0) is 26.8 Å². The highest BCUT2D eigenvalue weighted by atomic mass is 32.2. The molecule has 0 amide bonds. The van der Waals surface area contributed by atoms with Crippen molar-refractivity contribution in [3.8, 4) is 0 Å². The zero-order valence-electron chi connectivity index (χ0n) is 18.7. The van der Waals surface area contributed by atoms with Crippen molar-refractivity contribution in [1.82, 2.24) is 0 Å². The SMILES string of the molecule is CC(c1ccc(C(OCc2c(F)cccc2F)(C(F)(F)F)C(F)(F)F)cc1)S(=O)(=O)c1ccc(F)cc1. The summed E-state index contributed by atoms with van der Waals surface area (Å²) >= 11 is 0. The van der Waals surface area contributed by atoms with Crippen LogP contribution in [0.15, 0.2) is 71.6 Å². The molecule has 0 aromatic heterocycles. The summed E-state index contributed by atoms with van der Waals surface area (Å²) in [5.74, 6) is -3.54. The molecule has 0 saturated heterocycles. The first-order valence-electron chi connectivity index (χ1n) is 10.3. The maximum atomic E-state index is 14.0. The minimum Gasteiger partial charge on any atom is -0.349 e. The second kappa shape index (κ2) is 10.0. The van der Waals surface area contributed by atoms with Gasteiger partial charge in [-0.25, -0.2) is 21.6 Å². The third-order valence-corrected chi connectivity index (χ3v) is 7.82. The van der Waals surface area contributed by atoms with E-state index in [0.29, 0.717) is 24.3 Å². The van der Waals surface area contributed by atoms with Crippen molar-refractivity contribution in [3.63, 3.8) is 0 Å². The van der Waals surface area contributed by atoms with Crippen molar-refractivity contribution in [2.24, 2.45) is 0 Å². The minimum atomic E-state index is -6.14. The number of hydrogen-bond acceptors (Lipinski definition) is 3. The van der Waals surface area contributed by atoms with E-state index in [0.717, 1.165) is 49.4 Å². The van der Waals surface area contributed by atoms with Crippen molar-refractivity contribution in [2.75, 3.05) is 0 Å². The molecule has 0 aliphatic rings. The Morgan fingerprint density at radius 2 is 1.24 bits per heavy atom. The van der Waals surface area contributed by atoms with Crippen LogP contribution in [0.4, 0.5) is 39.5 Å². The summed E-state index contributed by atoms with van der Waals surface area (Å²) in [4.78, 5) is -0.319. The lowest BCUT2D eigenvalue weighted by atomic mass is 9.90. The van der Waals surface area contributed by atoms with Crippen molar-refractivity contribution < 1.29 is 52.7 Å². The van der Waals surface area contributed by atoms with Gasteiger partial charge in [0.15, 0.2) is 9.84 Å². The Kier molecular flexibility index (Phi) is 7.71. The number of ether oxygens (including phenoxy) is 1. The Bertz CT molecular complexity index is 1310. The molecule has 200 valence electrons. The van der Waals surface area contributed by atoms with Crippen LogP contribution in [0.3, 0.4) is 0 Å². The first-order valence-corrected chi connectivity index (χ1v) is 11.9. The summed E-state index contributed by atoms with van der Waals surface area (Å²) in [6.45, 7) is -0.569. The normalized spacial score (nSPS) is 14.0. The van der Waals surface area contributed by atoms with E-state index in [1.165, 1.54) is 0 Å². The minimum absolute atomic E-state index is 0.175. The highest BCUT2D eigenvalue weighted by molar-refractivity contribution is 7.91. The van der Waals surface area contributed by atoms with Crippen molar-refractivity contribution in [2.45, 2.75) is 41.6 Å². The molecule has 0 spiro atoms. The molecule has 0 N–H and O–H groups in total. The fourth-order valence-corrected chi connectivity index (χ4v) is 5.02. The average molecular weight is 556 g/mol. The first-order chi connectivity index (χ1) is 17.0. The molecule has 3 aromatic carbocycles. The summed E-state index contributed by atoms with van der Waals surface area (Å²) in [5.41, 5.74) is -7.80. The Balaban J connectivity index is 2.05. The summed E-state index contributed by atoms with van der Waals surface area (Å²) in [5, 5.41) is -1.44. The van der Waals surface area contributed by atoms with Crippen LogP contribution in [0.1, 0.15) is 28.9 Å². The lowest BCUT2D eigenvalue weighted by molar-refractivity contribution is -0.392. The summed E-state index contributed by atoms with van der Waals surface area (Å²) in [6.07, 6.45) is -12.3. The van der Waals surface area contributed by atoms with E-state index in [1.807, 2.05) is 0 Å². The standard InChI is InChI=1S/C24H17F9O3S/c1-14(37(34,35)18-11-9-17(25)10-12-18)15-5-7-16(8-6-15)22(23(28,29)30,24(31,32)33)36-13-19-20(26)3-2-4-21(19)27/h2-12,14H,13H2,1H3. The van der Waals surface area contributed by atoms with E-state index in [4.69, 9.17) is 0 Å². The monoisotopic (exact) mass is 556 g/mol. The highest BCUT2D eigenvalue weighted by Crippen LogP contribution is 2.53. The lowest BCUT2D eigenvalue weighted by Crippen LogP contribution is -2.55. The molecule has 0 fully saturated rings. The number of sulfone groups is 1. The van der Waals surface area contributed by atoms with E-state index in [9.17, 15) is 47.9 Å².